The van der Waals surface area contributed by atoms with Crippen LogP contribution in [0.5, 0.6) is 0 Å². The number of unbranched alkanes of at least 4 members (excludes halogenated alkanes) is 9. The Labute approximate surface area is 177 Å². The monoisotopic (exact) mass is 398 g/mol. The minimum Gasteiger partial charge on any atom is -0.390 e. The van der Waals surface area contributed by atoms with Crippen LogP contribution in [0.3, 0.4) is 0 Å². The molecular weight excluding hydrogens is 344 g/mol. The third-order valence-corrected chi connectivity index (χ3v) is 6.52. The second-order valence-corrected chi connectivity index (χ2v) is 9.48. The van der Waals surface area contributed by atoms with Gasteiger partial charge in [-0.15, -0.1) is 0 Å². The van der Waals surface area contributed by atoms with Gasteiger partial charge in [0.25, 0.3) is 0 Å². The van der Waals surface area contributed by atoms with E-state index in [1.54, 1.807) is 0 Å². The van der Waals surface area contributed by atoms with Crippen molar-refractivity contribution in [2.24, 2.45) is 0 Å². The molecule has 0 rings (SSSR count). The molecule has 0 saturated carbocycles. The summed E-state index contributed by atoms with van der Waals surface area (Å²) in [6.45, 7) is 8.92. The Balaban J connectivity index is 4.47. The summed E-state index contributed by atoms with van der Waals surface area (Å²) >= 11 is 0. The summed E-state index contributed by atoms with van der Waals surface area (Å²) in [5.41, 5.74) is -0.931. The highest BCUT2D eigenvalue weighted by Crippen LogP contribution is 2.31. The minimum absolute atomic E-state index is 0.465. The summed E-state index contributed by atoms with van der Waals surface area (Å²) in [6, 6.07) is 0. The van der Waals surface area contributed by atoms with Gasteiger partial charge in [0.05, 0.1) is 11.2 Å². The molecule has 28 heavy (non-hydrogen) atoms. The van der Waals surface area contributed by atoms with Gasteiger partial charge in [-0.1, -0.05) is 118 Å². The molecule has 0 atom stereocenters. The highest BCUT2D eigenvalue weighted by atomic mass is 16.3. The summed E-state index contributed by atoms with van der Waals surface area (Å²) < 4.78 is 0. The maximum Gasteiger partial charge on any atom is 0.0647 e. The van der Waals surface area contributed by atoms with Gasteiger partial charge in [-0.3, -0.25) is 0 Å². The molecular formula is C26H54O2. The van der Waals surface area contributed by atoms with Crippen LogP contribution in [-0.4, -0.2) is 21.4 Å². The third kappa shape index (κ3) is 14.9. The molecule has 2 nitrogen and oxygen atoms in total. The van der Waals surface area contributed by atoms with Crippen molar-refractivity contribution in [2.75, 3.05) is 0 Å². The van der Waals surface area contributed by atoms with Crippen LogP contribution < -0.4 is 0 Å². The van der Waals surface area contributed by atoms with Crippen molar-refractivity contribution in [3.05, 3.63) is 0 Å². The van der Waals surface area contributed by atoms with Gasteiger partial charge in [-0.05, 0) is 38.5 Å². The van der Waals surface area contributed by atoms with Crippen molar-refractivity contribution in [3.8, 4) is 0 Å². The number of aliphatic hydroxyl groups is 2. The zero-order valence-corrected chi connectivity index (χ0v) is 20.0. The van der Waals surface area contributed by atoms with Crippen LogP contribution in [0.25, 0.3) is 0 Å². The molecule has 0 aliphatic rings. The summed E-state index contributed by atoms with van der Waals surface area (Å²) in [6.07, 6.45) is 22.2. The van der Waals surface area contributed by atoms with Crippen LogP contribution in [-0.2, 0) is 0 Å². The first kappa shape index (κ1) is 27.9. The fraction of sp³-hybridized carbons (Fsp3) is 1.00. The second-order valence-electron chi connectivity index (χ2n) is 9.48. The molecule has 0 fully saturated rings. The van der Waals surface area contributed by atoms with Crippen LogP contribution >= 0.6 is 0 Å². The average Bonchev–Trinajstić information content (AvgIpc) is 2.66. The van der Waals surface area contributed by atoms with Gasteiger partial charge in [0.1, 0.15) is 0 Å². The quantitative estimate of drug-likeness (QED) is 0.191. The molecule has 0 bridgehead atoms. The fourth-order valence-corrected chi connectivity index (χ4v) is 4.47. The van der Waals surface area contributed by atoms with Crippen LogP contribution in [0.2, 0.25) is 0 Å². The lowest BCUT2D eigenvalue weighted by atomic mass is 9.82. The molecule has 0 radical (unpaired) electrons. The molecule has 2 heteroatoms. The maximum absolute atomic E-state index is 11.2. The van der Waals surface area contributed by atoms with Crippen molar-refractivity contribution < 1.29 is 10.2 Å². The molecule has 2 N–H and O–H groups in total. The van der Waals surface area contributed by atoms with E-state index in [0.717, 1.165) is 77.0 Å². The second kappa shape index (κ2) is 17.8. The van der Waals surface area contributed by atoms with Crippen molar-refractivity contribution in [1.29, 1.82) is 0 Å². The molecule has 0 heterocycles. The average molecular weight is 399 g/mol. The third-order valence-electron chi connectivity index (χ3n) is 6.52. The molecule has 170 valence electrons. The van der Waals surface area contributed by atoms with E-state index in [4.69, 9.17) is 0 Å². The highest BCUT2D eigenvalue weighted by Gasteiger charge is 2.28. The van der Waals surface area contributed by atoms with Crippen molar-refractivity contribution in [2.45, 2.75) is 167 Å². The SMILES string of the molecule is CCCCCC(O)(CCCCC)CCCCC(O)(CCCCC)CCCCC. The molecule has 0 amide bonds. The van der Waals surface area contributed by atoms with Gasteiger partial charge in [0, 0.05) is 0 Å². The van der Waals surface area contributed by atoms with Gasteiger partial charge in [-0.25, -0.2) is 0 Å². The van der Waals surface area contributed by atoms with E-state index in [-0.39, 0.29) is 0 Å². The predicted octanol–water partition coefficient (Wildman–Crippen LogP) is 8.33. The highest BCUT2D eigenvalue weighted by molar-refractivity contribution is 4.82. The molecule has 0 aliphatic heterocycles. The number of hydrogen-bond acceptors (Lipinski definition) is 2. The van der Waals surface area contributed by atoms with Gasteiger partial charge in [-0.2, -0.15) is 0 Å². The van der Waals surface area contributed by atoms with Crippen molar-refractivity contribution in [3.63, 3.8) is 0 Å². The van der Waals surface area contributed by atoms with E-state index >= 15 is 0 Å². The van der Waals surface area contributed by atoms with E-state index < -0.39 is 11.2 Å². The number of hydrogen-bond donors (Lipinski definition) is 2. The zero-order valence-electron chi connectivity index (χ0n) is 20.0. The first-order valence-corrected chi connectivity index (χ1v) is 12.9. The normalized spacial score (nSPS) is 12.6. The lowest BCUT2D eigenvalue weighted by molar-refractivity contribution is -0.00599. The Bertz CT molecular complexity index is 274. The molecule has 0 aromatic carbocycles. The van der Waals surface area contributed by atoms with Crippen LogP contribution in [0.15, 0.2) is 0 Å². The fourth-order valence-electron chi connectivity index (χ4n) is 4.47. The zero-order chi connectivity index (χ0) is 21.1. The Morgan fingerprint density at radius 1 is 0.357 bits per heavy atom. The summed E-state index contributed by atoms with van der Waals surface area (Å²) in [4.78, 5) is 0. The molecule has 0 saturated heterocycles. The largest absolute Gasteiger partial charge is 0.390 e. The Morgan fingerprint density at radius 3 is 0.714 bits per heavy atom. The van der Waals surface area contributed by atoms with Crippen molar-refractivity contribution in [1.82, 2.24) is 0 Å². The predicted molar refractivity (Wildman–Crippen MR) is 125 cm³/mol. The minimum atomic E-state index is -0.465. The Morgan fingerprint density at radius 2 is 0.536 bits per heavy atom. The van der Waals surface area contributed by atoms with E-state index in [2.05, 4.69) is 27.7 Å². The van der Waals surface area contributed by atoms with Gasteiger partial charge >= 0.3 is 0 Å². The standard InChI is InChI=1S/C26H54O2/c1-5-9-13-19-25(27,20-14-10-6-2)23-17-18-24-26(28,21-15-11-7-3)22-16-12-8-4/h27-28H,5-24H2,1-4H3. The molecule has 0 aliphatic carbocycles. The smallest absolute Gasteiger partial charge is 0.0647 e. The van der Waals surface area contributed by atoms with Crippen LogP contribution in [0.1, 0.15) is 156 Å². The molecule has 0 unspecified atom stereocenters. The van der Waals surface area contributed by atoms with Gasteiger partial charge in [0.15, 0.2) is 0 Å². The summed E-state index contributed by atoms with van der Waals surface area (Å²) in [7, 11) is 0. The summed E-state index contributed by atoms with van der Waals surface area (Å²) in [5, 5.41) is 22.4. The lowest BCUT2D eigenvalue weighted by Crippen LogP contribution is -2.30. The van der Waals surface area contributed by atoms with Gasteiger partial charge in [0.2, 0.25) is 0 Å². The van der Waals surface area contributed by atoms with E-state index in [0.29, 0.717) is 0 Å². The molecule has 0 spiro atoms. The van der Waals surface area contributed by atoms with Gasteiger partial charge < -0.3 is 10.2 Å². The van der Waals surface area contributed by atoms with E-state index in [9.17, 15) is 10.2 Å². The summed E-state index contributed by atoms with van der Waals surface area (Å²) in [5.74, 6) is 0. The topological polar surface area (TPSA) is 40.5 Å². The van der Waals surface area contributed by atoms with E-state index in [1.165, 1.54) is 51.4 Å². The first-order valence-electron chi connectivity index (χ1n) is 12.9. The molecule has 0 aromatic rings. The Hall–Kier alpha value is -0.0800. The van der Waals surface area contributed by atoms with E-state index in [1.807, 2.05) is 0 Å². The van der Waals surface area contributed by atoms with Crippen LogP contribution in [0, 0.1) is 0 Å². The van der Waals surface area contributed by atoms with Crippen LogP contribution in [0.4, 0.5) is 0 Å². The van der Waals surface area contributed by atoms with Crippen molar-refractivity contribution >= 4 is 0 Å². The maximum atomic E-state index is 11.2. The molecule has 0 aromatic heterocycles. The lowest BCUT2D eigenvalue weighted by Gasteiger charge is -2.31. The number of rotatable bonds is 21. The Kier molecular flexibility index (Phi) is 17.7. The first-order chi connectivity index (χ1) is 13.4.